The molecular weight excluding hydrogens is 454 g/mol. The summed E-state index contributed by atoms with van der Waals surface area (Å²) in [7, 11) is 0. The molecule has 2 aliphatic carbocycles. The van der Waals surface area contributed by atoms with E-state index >= 15 is 0 Å². The molecular formula is C31H26ClNO2. The number of hydrogen-bond acceptors (Lipinski definition) is 3. The molecule has 0 spiro atoms. The summed E-state index contributed by atoms with van der Waals surface area (Å²) in [6.07, 6.45) is 2.43. The third-order valence-electron chi connectivity index (χ3n) is 7.64. The van der Waals surface area contributed by atoms with Gasteiger partial charge in [-0.2, -0.15) is 0 Å². The first-order chi connectivity index (χ1) is 17.1. The van der Waals surface area contributed by atoms with Gasteiger partial charge < -0.3 is 5.32 Å². The summed E-state index contributed by atoms with van der Waals surface area (Å²) in [5.41, 5.74) is 6.76. The summed E-state index contributed by atoms with van der Waals surface area (Å²) in [5.74, 6) is 0.167. The van der Waals surface area contributed by atoms with Crippen molar-refractivity contribution in [3.8, 4) is 0 Å². The Morgan fingerprint density at radius 2 is 1.03 bits per heavy atom. The Balaban J connectivity index is 1.44. The highest BCUT2D eigenvalue weighted by molar-refractivity contribution is 6.30. The Morgan fingerprint density at radius 3 is 1.49 bits per heavy atom. The second-order valence-corrected chi connectivity index (χ2v) is 10.2. The smallest absolute Gasteiger partial charge is 0.162 e. The molecule has 0 saturated carbocycles. The van der Waals surface area contributed by atoms with E-state index in [-0.39, 0.29) is 29.3 Å². The van der Waals surface area contributed by atoms with Gasteiger partial charge in [0.05, 0.1) is 0 Å². The quantitative estimate of drug-likeness (QED) is 0.448. The number of nitrogens with one attached hydrogen (secondary N) is 1. The zero-order valence-corrected chi connectivity index (χ0v) is 20.1. The van der Waals surface area contributed by atoms with Crippen LogP contribution in [0.3, 0.4) is 0 Å². The van der Waals surface area contributed by atoms with Crippen LogP contribution in [0.1, 0.15) is 60.1 Å². The van der Waals surface area contributed by atoms with E-state index in [9.17, 15) is 9.59 Å². The van der Waals surface area contributed by atoms with E-state index in [1.54, 1.807) is 0 Å². The van der Waals surface area contributed by atoms with Crippen LogP contribution < -0.4 is 5.32 Å². The molecule has 35 heavy (non-hydrogen) atoms. The second-order valence-electron chi connectivity index (χ2n) is 9.77. The van der Waals surface area contributed by atoms with Crippen LogP contribution in [0.15, 0.2) is 107 Å². The van der Waals surface area contributed by atoms with Crippen LogP contribution in [0.4, 0.5) is 0 Å². The molecule has 0 amide bonds. The summed E-state index contributed by atoms with van der Waals surface area (Å²) in [4.78, 5) is 27.3. The first-order valence-electron chi connectivity index (χ1n) is 12.2. The molecule has 0 bridgehead atoms. The summed E-state index contributed by atoms with van der Waals surface area (Å²) in [5, 5.41) is 4.26. The number of carbonyl (C=O) groups is 2. The normalized spacial score (nSPS) is 24.1. The highest BCUT2D eigenvalue weighted by Crippen LogP contribution is 2.49. The molecule has 1 aliphatic heterocycles. The lowest BCUT2D eigenvalue weighted by Gasteiger charge is -2.40. The average molecular weight is 480 g/mol. The number of Topliss-reactive ketones (excluding diaryl/α,β-unsaturated/α-hetero) is 2. The number of allylic oxidation sites excluding steroid dienone is 4. The zero-order valence-electron chi connectivity index (χ0n) is 19.3. The van der Waals surface area contributed by atoms with Gasteiger partial charge in [0.2, 0.25) is 0 Å². The Bertz CT molecular complexity index is 1270. The van der Waals surface area contributed by atoms with E-state index in [1.165, 1.54) is 11.1 Å². The molecule has 2 atom stereocenters. The minimum atomic E-state index is -0.341. The van der Waals surface area contributed by atoms with E-state index in [1.807, 2.05) is 60.7 Å². The maximum Gasteiger partial charge on any atom is 0.162 e. The molecule has 0 saturated heterocycles. The van der Waals surface area contributed by atoms with Crippen molar-refractivity contribution in [3.05, 3.63) is 129 Å². The maximum absolute atomic E-state index is 13.7. The molecule has 3 nitrogen and oxygen atoms in total. The van der Waals surface area contributed by atoms with Crippen LogP contribution in [0.2, 0.25) is 5.02 Å². The van der Waals surface area contributed by atoms with Crippen LogP contribution in [-0.2, 0) is 9.59 Å². The fourth-order valence-corrected chi connectivity index (χ4v) is 6.13. The van der Waals surface area contributed by atoms with E-state index in [2.05, 4.69) is 29.6 Å². The van der Waals surface area contributed by atoms with E-state index in [4.69, 9.17) is 11.6 Å². The van der Waals surface area contributed by atoms with Crippen LogP contribution in [0.25, 0.3) is 0 Å². The lowest BCUT2D eigenvalue weighted by atomic mass is 9.67. The van der Waals surface area contributed by atoms with Gasteiger partial charge in [0.15, 0.2) is 11.6 Å². The topological polar surface area (TPSA) is 46.2 Å². The van der Waals surface area contributed by atoms with E-state index < -0.39 is 0 Å². The van der Waals surface area contributed by atoms with Gasteiger partial charge in [0.1, 0.15) is 0 Å². The number of carbonyl (C=O) groups excluding carboxylic acids is 2. The zero-order chi connectivity index (χ0) is 23.9. The van der Waals surface area contributed by atoms with Crippen molar-refractivity contribution in [2.45, 2.75) is 43.4 Å². The highest BCUT2D eigenvalue weighted by atomic mass is 35.5. The third-order valence-corrected chi connectivity index (χ3v) is 7.89. The van der Waals surface area contributed by atoms with Crippen molar-refractivity contribution in [2.75, 3.05) is 0 Å². The lowest BCUT2D eigenvalue weighted by molar-refractivity contribution is -0.117. The van der Waals surface area contributed by atoms with Gasteiger partial charge in [0, 0.05) is 46.3 Å². The monoisotopic (exact) mass is 479 g/mol. The summed E-state index contributed by atoms with van der Waals surface area (Å²) < 4.78 is 0. The number of dihydropyridines is 1. The van der Waals surface area contributed by atoms with E-state index in [0.29, 0.717) is 17.9 Å². The summed E-state index contributed by atoms with van der Waals surface area (Å²) in [6, 6.07) is 28.1. The average Bonchev–Trinajstić information content (AvgIpc) is 2.89. The van der Waals surface area contributed by atoms with Gasteiger partial charge >= 0.3 is 0 Å². The molecule has 0 radical (unpaired) electrons. The minimum absolute atomic E-state index is 0.122. The van der Waals surface area contributed by atoms with Gasteiger partial charge in [-0.25, -0.2) is 0 Å². The Morgan fingerprint density at radius 1 is 0.571 bits per heavy atom. The van der Waals surface area contributed by atoms with Crippen LogP contribution in [0, 0.1) is 0 Å². The molecule has 2 unspecified atom stereocenters. The number of benzene rings is 3. The highest BCUT2D eigenvalue weighted by Gasteiger charge is 2.43. The van der Waals surface area contributed by atoms with Gasteiger partial charge in [-0.05, 0) is 53.5 Å². The van der Waals surface area contributed by atoms with Crippen LogP contribution in [-0.4, -0.2) is 11.6 Å². The molecule has 1 N–H and O–H groups in total. The first kappa shape index (κ1) is 22.1. The van der Waals surface area contributed by atoms with Crippen molar-refractivity contribution < 1.29 is 9.59 Å². The Kier molecular flexibility index (Phi) is 5.66. The molecule has 3 aliphatic rings. The van der Waals surface area contributed by atoms with Crippen molar-refractivity contribution in [1.82, 2.24) is 5.32 Å². The Labute approximate surface area is 210 Å². The summed E-state index contributed by atoms with van der Waals surface area (Å²) in [6.45, 7) is 0. The van der Waals surface area contributed by atoms with Crippen LogP contribution in [0.5, 0.6) is 0 Å². The van der Waals surface area contributed by atoms with Crippen molar-refractivity contribution in [3.63, 3.8) is 0 Å². The van der Waals surface area contributed by atoms with Gasteiger partial charge in [0.25, 0.3) is 0 Å². The predicted molar refractivity (Wildman–Crippen MR) is 138 cm³/mol. The van der Waals surface area contributed by atoms with Crippen LogP contribution >= 0.6 is 11.6 Å². The number of rotatable bonds is 3. The minimum Gasteiger partial charge on any atom is -0.362 e. The largest absolute Gasteiger partial charge is 0.362 e. The second kappa shape index (κ2) is 8.98. The fraction of sp³-hybridized carbons (Fsp3) is 0.226. The first-order valence-corrected chi connectivity index (χ1v) is 12.6. The maximum atomic E-state index is 13.7. The molecule has 1 heterocycles. The van der Waals surface area contributed by atoms with Gasteiger partial charge in [-0.1, -0.05) is 84.4 Å². The SMILES string of the molecule is O=C1CC(c2ccccc2)CC2=C1C(c1ccc(Cl)cc1)C1=C(CC(c3ccccc3)CC1=O)N2. The molecule has 3 aromatic rings. The van der Waals surface area contributed by atoms with Crippen molar-refractivity contribution in [2.24, 2.45) is 0 Å². The van der Waals surface area contributed by atoms with Crippen molar-refractivity contribution in [1.29, 1.82) is 0 Å². The standard InChI is InChI=1S/C31H26ClNO2/c32-24-13-11-21(12-14-24)29-30-25(15-22(17-27(30)34)19-7-3-1-4-8-19)33-26-16-23(18-28(35)31(26)29)20-9-5-2-6-10-20/h1-14,22-23,29,33H,15-18H2. The Hall–Kier alpha value is -3.43. The predicted octanol–water partition coefficient (Wildman–Crippen LogP) is 6.83. The number of ketones is 2. The summed E-state index contributed by atoms with van der Waals surface area (Å²) >= 11 is 6.19. The number of halogens is 1. The fourth-order valence-electron chi connectivity index (χ4n) is 6.01. The lowest BCUT2D eigenvalue weighted by Crippen LogP contribution is -2.38. The van der Waals surface area contributed by atoms with Crippen molar-refractivity contribution >= 4 is 23.2 Å². The van der Waals surface area contributed by atoms with E-state index in [0.717, 1.165) is 40.9 Å². The van der Waals surface area contributed by atoms with Gasteiger partial charge in [-0.15, -0.1) is 0 Å². The van der Waals surface area contributed by atoms with Gasteiger partial charge in [-0.3, -0.25) is 9.59 Å². The molecule has 3 aromatic carbocycles. The molecule has 6 rings (SSSR count). The molecule has 4 heteroatoms. The molecule has 0 fully saturated rings. The number of hydrogen-bond donors (Lipinski definition) is 1. The molecule has 0 aromatic heterocycles. The molecule has 174 valence electrons. The third kappa shape index (κ3) is 4.04.